The fourth-order valence-electron chi connectivity index (χ4n) is 2.56. The van der Waals surface area contributed by atoms with Crippen LogP contribution in [0.25, 0.3) is 0 Å². The van der Waals surface area contributed by atoms with Crippen molar-refractivity contribution in [1.29, 1.82) is 5.26 Å². The molecule has 0 bridgehead atoms. The van der Waals surface area contributed by atoms with Crippen LogP contribution in [0.15, 0.2) is 30.3 Å². The van der Waals surface area contributed by atoms with E-state index < -0.39 is 5.54 Å². The van der Waals surface area contributed by atoms with Crippen LogP contribution in [0.3, 0.4) is 0 Å². The van der Waals surface area contributed by atoms with E-state index in [1.807, 2.05) is 6.07 Å². The van der Waals surface area contributed by atoms with Crippen LogP contribution in [0.5, 0.6) is 0 Å². The molecule has 1 aromatic rings. The zero-order chi connectivity index (χ0) is 13.6. The Morgan fingerprint density at radius 1 is 1.26 bits per heavy atom. The quantitative estimate of drug-likeness (QED) is 0.832. The fraction of sp³-hybridized carbons (Fsp3) is 0.533. The molecule has 1 aliphatic rings. The van der Waals surface area contributed by atoms with E-state index >= 15 is 0 Å². The van der Waals surface area contributed by atoms with Gasteiger partial charge >= 0.3 is 0 Å². The molecule has 0 amide bonds. The van der Waals surface area contributed by atoms with Crippen LogP contribution in [0.1, 0.15) is 18.4 Å². The number of hydrogen-bond donors (Lipinski definition) is 2. The summed E-state index contributed by atoms with van der Waals surface area (Å²) in [7, 11) is 0. The van der Waals surface area contributed by atoms with Gasteiger partial charge in [0.25, 0.3) is 0 Å². The van der Waals surface area contributed by atoms with Crippen molar-refractivity contribution in [3.8, 4) is 6.07 Å². The van der Waals surface area contributed by atoms with Gasteiger partial charge in [-0.05, 0) is 18.4 Å². The van der Waals surface area contributed by atoms with Crippen LogP contribution in [0.4, 0.5) is 0 Å². The molecule has 0 unspecified atom stereocenters. The monoisotopic (exact) mass is 259 g/mol. The average molecular weight is 259 g/mol. The molecule has 19 heavy (non-hydrogen) atoms. The van der Waals surface area contributed by atoms with E-state index in [0.717, 1.165) is 32.5 Å². The molecular weight excluding hydrogens is 238 g/mol. The van der Waals surface area contributed by atoms with E-state index in [4.69, 9.17) is 5.11 Å². The average Bonchev–Trinajstić information content (AvgIpc) is 2.48. The maximum atomic E-state index is 9.33. The summed E-state index contributed by atoms with van der Waals surface area (Å²) in [6, 6.07) is 12.8. The van der Waals surface area contributed by atoms with Crippen LogP contribution in [-0.4, -0.2) is 41.8 Å². The lowest BCUT2D eigenvalue weighted by molar-refractivity contribution is 0.154. The Bertz CT molecular complexity index is 419. The van der Waals surface area contributed by atoms with E-state index in [1.54, 1.807) is 0 Å². The molecule has 0 spiro atoms. The summed E-state index contributed by atoms with van der Waals surface area (Å²) >= 11 is 0. The van der Waals surface area contributed by atoms with E-state index in [1.165, 1.54) is 5.56 Å². The van der Waals surface area contributed by atoms with Crippen molar-refractivity contribution >= 4 is 0 Å². The van der Waals surface area contributed by atoms with Gasteiger partial charge in [0, 0.05) is 26.2 Å². The Morgan fingerprint density at radius 2 is 1.95 bits per heavy atom. The largest absolute Gasteiger partial charge is 0.395 e. The first-order valence-corrected chi connectivity index (χ1v) is 6.81. The molecule has 4 heteroatoms. The topological polar surface area (TPSA) is 59.3 Å². The lowest BCUT2D eigenvalue weighted by Gasteiger charge is -2.37. The lowest BCUT2D eigenvalue weighted by Crippen LogP contribution is -2.53. The number of likely N-dealkylation sites (tertiary alicyclic amines) is 1. The molecule has 0 saturated carbocycles. The second kappa shape index (κ2) is 6.67. The van der Waals surface area contributed by atoms with E-state index in [9.17, 15) is 5.26 Å². The Balaban J connectivity index is 1.86. The van der Waals surface area contributed by atoms with Crippen LogP contribution < -0.4 is 5.32 Å². The van der Waals surface area contributed by atoms with Gasteiger partial charge in [-0.15, -0.1) is 0 Å². The van der Waals surface area contributed by atoms with Crippen molar-refractivity contribution in [3.05, 3.63) is 35.9 Å². The third kappa shape index (κ3) is 3.77. The first-order chi connectivity index (χ1) is 9.28. The van der Waals surface area contributed by atoms with Crippen molar-refractivity contribution in [2.45, 2.75) is 24.9 Å². The van der Waals surface area contributed by atoms with Crippen molar-refractivity contribution < 1.29 is 5.11 Å². The second-order valence-electron chi connectivity index (χ2n) is 5.11. The molecule has 1 saturated heterocycles. The number of aliphatic hydroxyl groups excluding tert-OH is 1. The predicted molar refractivity (Wildman–Crippen MR) is 74.4 cm³/mol. The number of rotatable bonds is 5. The highest BCUT2D eigenvalue weighted by atomic mass is 16.3. The molecular formula is C15H21N3O. The Kier molecular flexibility index (Phi) is 4.92. The fourth-order valence-corrected chi connectivity index (χ4v) is 2.56. The third-order valence-electron chi connectivity index (χ3n) is 3.75. The molecule has 1 fully saturated rings. The van der Waals surface area contributed by atoms with Crippen LogP contribution in [0.2, 0.25) is 0 Å². The first kappa shape index (κ1) is 14.0. The number of hydrogen-bond acceptors (Lipinski definition) is 4. The number of nitrogens with zero attached hydrogens (tertiary/aromatic N) is 2. The SMILES string of the molecule is N#CC1(NCCO)CCN(Cc2ccccc2)CC1. The van der Waals surface area contributed by atoms with Gasteiger partial charge in [0.2, 0.25) is 0 Å². The van der Waals surface area contributed by atoms with Gasteiger partial charge in [0.1, 0.15) is 5.54 Å². The number of β-amino-alcohol motifs (C(OH)–C–C–N with tert-alkyl or cyclic N) is 1. The van der Waals surface area contributed by atoms with E-state index in [2.05, 4.69) is 40.6 Å². The molecule has 0 atom stereocenters. The summed E-state index contributed by atoms with van der Waals surface area (Å²) in [6.07, 6.45) is 1.63. The molecule has 1 aliphatic heterocycles. The highest BCUT2D eigenvalue weighted by molar-refractivity contribution is 5.15. The number of aliphatic hydroxyl groups is 1. The normalized spacial score (nSPS) is 18.9. The van der Waals surface area contributed by atoms with E-state index in [0.29, 0.717) is 6.54 Å². The molecule has 102 valence electrons. The van der Waals surface area contributed by atoms with Crippen LogP contribution in [0, 0.1) is 11.3 Å². The number of nitrogens with one attached hydrogen (secondary N) is 1. The summed E-state index contributed by atoms with van der Waals surface area (Å²) in [5, 5.41) is 21.4. The van der Waals surface area contributed by atoms with Gasteiger partial charge in [-0.25, -0.2) is 0 Å². The number of benzene rings is 1. The number of nitriles is 1. The minimum absolute atomic E-state index is 0.0805. The standard InChI is InChI=1S/C15H21N3O/c16-13-15(17-8-11-19)6-9-18(10-7-15)12-14-4-2-1-3-5-14/h1-5,17,19H,6-12H2. The zero-order valence-electron chi connectivity index (χ0n) is 11.2. The van der Waals surface area contributed by atoms with E-state index in [-0.39, 0.29) is 6.61 Å². The van der Waals surface area contributed by atoms with Crippen molar-refractivity contribution in [3.63, 3.8) is 0 Å². The molecule has 0 radical (unpaired) electrons. The van der Waals surface area contributed by atoms with Crippen molar-refractivity contribution in [2.24, 2.45) is 0 Å². The first-order valence-electron chi connectivity index (χ1n) is 6.81. The predicted octanol–water partition coefficient (Wildman–Crippen LogP) is 1.13. The Labute approximate surface area is 114 Å². The molecule has 4 nitrogen and oxygen atoms in total. The van der Waals surface area contributed by atoms with Gasteiger partial charge in [-0.3, -0.25) is 10.2 Å². The lowest BCUT2D eigenvalue weighted by atomic mass is 9.88. The molecule has 1 heterocycles. The number of piperidine rings is 1. The van der Waals surface area contributed by atoms with Crippen LogP contribution >= 0.6 is 0 Å². The Hall–Kier alpha value is -1.41. The summed E-state index contributed by atoms with van der Waals surface area (Å²) in [5.41, 5.74) is 0.867. The van der Waals surface area contributed by atoms with Gasteiger partial charge < -0.3 is 5.11 Å². The second-order valence-corrected chi connectivity index (χ2v) is 5.11. The van der Waals surface area contributed by atoms with Crippen LogP contribution in [-0.2, 0) is 6.54 Å². The molecule has 2 N–H and O–H groups in total. The summed E-state index contributed by atoms with van der Waals surface area (Å²) in [5.74, 6) is 0. The minimum atomic E-state index is -0.448. The highest BCUT2D eigenvalue weighted by Crippen LogP contribution is 2.22. The maximum absolute atomic E-state index is 9.33. The maximum Gasteiger partial charge on any atom is 0.109 e. The summed E-state index contributed by atoms with van der Waals surface area (Å²) < 4.78 is 0. The summed E-state index contributed by atoms with van der Waals surface area (Å²) in [6.45, 7) is 3.35. The van der Waals surface area contributed by atoms with Gasteiger partial charge in [-0.2, -0.15) is 5.26 Å². The molecule has 1 aromatic carbocycles. The smallest absolute Gasteiger partial charge is 0.109 e. The molecule has 2 rings (SSSR count). The molecule has 0 aromatic heterocycles. The highest BCUT2D eigenvalue weighted by Gasteiger charge is 2.33. The van der Waals surface area contributed by atoms with Crippen molar-refractivity contribution in [2.75, 3.05) is 26.2 Å². The molecule has 0 aliphatic carbocycles. The van der Waals surface area contributed by atoms with Gasteiger partial charge in [0.05, 0.1) is 12.7 Å². The zero-order valence-corrected chi connectivity index (χ0v) is 11.2. The van der Waals surface area contributed by atoms with Crippen molar-refractivity contribution in [1.82, 2.24) is 10.2 Å². The van der Waals surface area contributed by atoms with Gasteiger partial charge in [0.15, 0.2) is 0 Å². The summed E-state index contributed by atoms with van der Waals surface area (Å²) in [4.78, 5) is 2.38. The third-order valence-corrected chi connectivity index (χ3v) is 3.75. The Morgan fingerprint density at radius 3 is 2.53 bits per heavy atom. The van der Waals surface area contributed by atoms with Gasteiger partial charge in [-0.1, -0.05) is 30.3 Å². The minimum Gasteiger partial charge on any atom is -0.395 e.